The Morgan fingerprint density at radius 2 is 2.23 bits per heavy atom. The van der Waals surface area contributed by atoms with Gasteiger partial charge in [-0.05, 0) is 25.0 Å². The van der Waals surface area contributed by atoms with Crippen molar-refractivity contribution in [2.45, 2.75) is 24.9 Å². The predicted octanol–water partition coefficient (Wildman–Crippen LogP) is 1.30. The van der Waals surface area contributed by atoms with Crippen LogP contribution >= 0.6 is 11.6 Å². The summed E-state index contributed by atoms with van der Waals surface area (Å²) in [6.45, 7) is 2.90. The van der Waals surface area contributed by atoms with Crippen molar-refractivity contribution in [3.8, 4) is 0 Å². The highest BCUT2D eigenvalue weighted by Gasteiger charge is 2.95. The minimum atomic E-state index is -0.164. The van der Waals surface area contributed by atoms with E-state index in [0.29, 0.717) is 45.5 Å². The number of aromatic nitrogens is 7. The first-order chi connectivity index (χ1) is 15.0. The molecule has 0 aromatic carbocycles. The van der Waals surface area contributed by atoms with Gasteiger partial charge in [0.15, 0.2) is 11.5 Å². The summed E-state index contributed by atoms with van der Waals surface area (Å²) in [6, 6.07) is 4.01. The van der Waals surface area contributed by atoms with Gasteiger partial charge in [0, 0.05) is 36.8 Å². The lowest BCUT2D eigenvalue weighted by molar-refractivity contribution is 0.362. The molecule has 4 fully saturated rings. The highest BCUT2D eigenvalue weighted by molar-refractivity contribution is 6.30. The maximum atomic E-state index is 12.9. The normalized spacial score (nSPS) is 27.7. The van der Waals surface area contributed by atoms with Crippen LogP contribution in [0.2, 0.25) is 5.02 Å². The quantitative estimate of drug-likeness (QED) is 0.471. The van der Waals surface area contributed by atoms with Gasteiger partial charge in [0.2, 0.25) is 5.89 Å². The maximum Gasteiger partial charge on any atom is 0.265 e. The fourth-order valence-corrected chi connectivity index (χ4v) is 5.80. The van der Waals surface area contributed by atoms with Crippen LogP contribution in [0.15, 0.2) is 34.0 Å². The molecule has 2 aliphatic heterocycles. The Kier molecular flexibility index (Phi) is 3.09. The molecule has 0 spiro atoms. The number of nitrogens with zero attached hydrogens (tertiary/aromatic N) is 8. The van der Waals surface area contributed by atoms with Crippen LogP contribution in [0.4, 0.5) is 5.82 Å². The van der Waals surface area contributed by atoms with Crippen LogP contribution in [0.1, 0.15) is 17.4 Å². The van der Waals surface area contributed by atoms with Gasteiger partial charge >= 0.3 is 0 Å². The summed E-state index contributed by atoms with van der Waals surface area (Å²) in [4.78, 5) is 28.7. The van der Waals surface area contributed by atoms with E-state index in [0.717, 1.165) is 18.2 Å². The zero-order valence-corrected chi connectivity index (χ0v) is 17.5. The molecule has 156 valence electrons. The number of rotatable bonds is 4. The highest BCUT2D eigenvalue weighted by Crippen LogP contribution is 2.85. The van der Waals surface area contributed by atoms with Gasteiger partial charge in [0.05, 0.1) is 11.1 Å². The molecular weight excluding hydrogens is 420 g/mol. The highest BCUT2D eigenvalue weighted by atomic mass is 35.5. The van der Waals surface area contributed by atoms with E-state index in [1.165, 1.54) is 10.9 Å². The number of pyridine rings is 1. The van der Waals surface area contributed by atoms with E-state index in [1.807, 2.05) is 6.07 Å². The average Bonchev–Trinajstić information content (AvgIpc) is 3.20. The van der Waals surface area contributed by atoms with Crippen LogP contribution in [-0.2, 0) is 19.0 Å². The summed E-state index contributed by atoms with van der Waals surface area (Å²) in [5.74, 6) is 3.08. The van der Waals surface area contributed by atoms with Gasteiger partial charge < -0.3 is 9.42 Å². The van der Waals surface area contributed by atoms with Crippen LogP contribution in [0, 0.1) is 18.8 Å². The number of halogens is 1. The standard InChI is InChI=1S/C20H17ClN8O2/c1-9-14-17(27(2)25-9)23-8-28(18(14)30)7-13-24-19(26-31-13)20-11-6-29(16(20)15(11)20)12-5-10(21)3-4-22-12/h3-5,8,11,15-16H,6-7H2,1-2H3/t11-,15-,16?,20-/m1/s1. The second-order valence-electron chi connectivity index (χ2n) is 8.59. The molecular formula is C20H17ClN8O2. The van der Waals surface area contributed by atoms with Crippen molar-refractivity contribution < 1.29 is 4.52 Å². The fraction of sp³-hybridized carbons (Fsp3) is 0.400. The molecule has 0 N–H and O–H groups in total. The summed E-state index contributed by atoms with van der Waals surface area (Å²) in [7, 11) is 1.77. The molecule has 2 aliphatic carbocycles. The smallest absolute Gasteiger partial charge is 0.265 e. The number of hydrogen-bond acceptors (Lipinski definition) is 8. The topological polar surface area (TPSA) is 108 Å². The minimum Gasteiger partial charge on any atom is -0.352 e. The van der Waals surface area contributed by atoms with Crippen molar-refractivity contribution in [1.29, 1.82) is 0 Å². The molecule has 11 heteroatoms. The molecule has 4 aliphatic rings. The van der Waals surface area contributed by atoms with Crippen molar-refractivity contribution in [3.63, 3.8) is 0 Å². The first-order valence-corrected chi connectivity index (χ1v) is 10.5. The zero-order chi connectivity index (χ0) is 21.1. The molecule has 0 amide bonds. The third-order valence-electron chi connectivity index (χ3n) is 7.09. The first-order valence-electron chi connectivity index (χ1n) is 10.1. The third-order valence-corrected chi connectivity index (χ3v) is 7.32. The molecule has 2 saturated carbocycles. The van der Waals surface area contributed by atoms with Crippen LogP contribution < -0.4 is 10.5 Å². The van der Waals surface area contributed by atoms with Gasteiger partial charge in [-0.1, -0.05) is 16.8 Å². The van der Waals surface area contributed by atoms with E-state index in [-0.39, 0.29) is 17.5 Å². The van der Waals surface area contributed by atoms with Crippen LogP contribution in [0.5, 0.6) is 0 Å². The van der Waals surface area contributed by atoms with Gasteiger partial charge in [-0.2, -0.15) is 10.1 Å². The number of aryl methyl sites for hydroxylation is 2. The third kappa shape index (κ3) is 2.08. The monoisotopic (exact) mass is 436 g/mol. The summed E-state index contributed by atoms with van der Waals surface area (Å²) in [5, 5.41) is 9.75. The van der Waals surface area contributed by atoms with Gasteiger partial charge in [-0.25, -0.2) is 14.6 Å². The Balaban J connectivity index is 1.17. The van der Waals surface area contributed by atoms with Crippen LogP contribution in [0.25, 0.3) is 11.0 Å². The van der Waals surface area contributed by atoms with Crippen molar-refractivity contribution >= 4 is 28.5 Å². The number of hydrogen-bond donors (Lipinski definition) is 0. The van der Waals surface area contributed by atoms with E-state index in [1.54, 1.807) is 30.9 Å². The number of piperidine rings is 1. The molecule has 2 saturated heterocycles. The van der Waals surface area contributed by atoms with Crippen LogP contribution in [0.3, 0.4) is 0 Å². The van der Waals surface area contributed by atoms with Gasteiger partial charge in [-0.15, -0.1) is 0 Å². The Labute approximate surface area is 180 Å². The van der Waals surface area contributed by atoms with Gasteiger partial charge in [-0.3, -0.25) is 9.36 Å². The minimum absolute atomic E-state index is 0.0428. The molecule has 4 atom stereocenters. The molecule has 4 aromatic heterocycles. The Hall–Kier alpha value is -3.27. The summed E-state index contributed by atoms with van der Waals surface area (Å²) >= 11 is 6.14. The average molecular weight is 437 g/mol. The summed E-state index contributed by atoms with van der Waals surface area (Å²) in [6.07, 6.45) is 3.23. The Morgan fingerprint density at radius 1 is 1.35 bits per heavy atom. The molecule has 8 rings (SSSR count). The molecule has 31 heavy (non-hydrogen) atoms. The fourth-order valence-electron chi connectivity index (χ4n) is 5.64. The van der Waals surface area contributed by atoms with Crippen molar-refractivity contribution in [1.82, 2.24) is 34.5 Å². The van der Waals surface area contributed by atoms with E-state index in [4.69, 9.17) is 16.1 Å². The van der Waals surface area contributed by atoms with E-state index >= 15 is 0 Å². The zero-order valence-electron chi connectivity index (χ0n) is 16.7. The molecule has 4 aromatic rings. The van der Waals surface area contributed by atoms with Crippen molar-refractivity contribution in [3.05, 3.63) is 57.4 Å². The molecule has 10 nitrogen and oxygen atoms in total. The molecule has 0 radical (unpaired) electrons. The maximum absolute atomic E-state index is 12.9. The van der Waals surface area contributed by atoms with E-state index in [2.05, 4.69) is 30.1 Å². The lowest BCUT2D eigenvalue weighted by Gasteiger charge is -2.17. The van der Waals surface area contributed by atoms with E-state index < -0.39 is 0 Å². The van der Waals surface area contributed by atoms with Crippen molar-refractivity contribution in [2.75, 3.05) is 11.4 Å². The molecule has 6 heterocycles. The Morgan fingerprint density at radius 3 is 3.03 bits per heavy atom. The number of fused-ring (bicyclic) bond motifs is 2. The van der Waals surface area contributed by atoms with Crippen molar-refractivity contribution in [2.24, 2.45) is 18.9 Å². The number of anilines is 1. The van der Waals surface area contributed by atoms with Gasteiger partial charge in [0.1, 0.15) is 24.1 Å². The lowest BCUT2D eigenvalue weighted by atomic mass is 10.1. The van der Waals surface area contributed by atoms with E-state index in [9.17, 15) is 4.79 Å². The summed E-state index contributed by atoms with van der Waals surface area (Å²) in [5.41, 5.74) is 1.01. The first kappa shape index (κ1) is 17.4. The SMILES string of the molecule is Cc1nn(C)c2ncn(Cc3nc([C@@]45C6[C@H]4[C@H]5CN6c4cc(Cl)ccn4)no3)c(=O)c12. The second-order valence-corrected chi connectivity index (χ2v) is 9.03. The predicted molar refractivity (Wildman–Crippen MR) is 110 cm³/mol. The molecule has 1 unspecified atom stereocenters. The summed E-state index contributed by atoms with van der Waals surface area (Å²) < 4.78 is 8.62. The molecule has 2 bridgehead atoms. The van der Waals surface area contributed by atoms with Crippen LogP contribution in [-0.4, -0.2) is 47.0 Å². The largest absolute Gasteiger partial charge is 0.352 e. The lowest BCUT2D eigenvalue weighted by Crippen LogP contribution is -2.24. The Bertz CT molecular complexity index is 1450. The second kappa shape index (κ2) is 5.50. The van der Waals surface area contributed by atoms with Gasteiger partial charge in [0.25, 0.3) is 5.56 Å².